The highest BCUT2D eigenvalue weighted by atomic mass is 16.7. The highest BCUT2D eigenvalue weighted by Gasteiger charge is 2.52. The SMILES string of the molecule is CC1(C)OB(c2cc3c4c(cccc4c2)-c2c-3c(-c3ccccc3)c3ccccc3c2-c2ccccc2)OC1(C)C. The summed E-state index contributed by atoms with van der Waals surface area (Å²) in [5.41, 5.74) is 10.4. The second-order valence-electron chi connectivity index (χ2n) is 12.3. The van der Waals surface area contributed by atoms with Crippen molar-refractivity contribution < 1.29 is 9.31 Å². The van der Waals surface area contributed by atoms with Gasteiger partial charge in [0, 0.05) is 0 Å². The Hall–Kier alpha value is -4.18. The van der Waals surface area contributed by atoms with Gasteiger partial charge < -0.3 is 9.31 Å². The molecule has 3 heteroatoms. The predicted octanol–water partition coefficient (Wildman–Crippen LogP) is 9.27. The Morgan fingerprint density at radius 1 is 0.488 bits per heavy atom. The zero-order chi connectivity index (χ0) is 27.9. The van der Waals surface area contributed by atoms with Gasteiger partial charge in [0.2, 0.25) is 0 Å². The topological polar surface area (TPSA) is 18.5 Å². The molecular formula is C38H31BO2. The Morgan fingerprint density at radius 2 is 1.00 bits per heavy atom. The van der Waals surface area contributed by atoms with Crippen LogP contribution in [0.15, 0.2) is 115 Å². The number of hydrogen-bond acceptors (Lipinski definition) is 2. The van der Waals surface area contributed by atoms with Crippen LogP contribution < -0.4 is 5.46 Å². The molecule has 0 saturated carbocycles. The van der Waals surface area contributed by atoms with E-state index >= 15 is 0 Å². The summed E-state index contributed by atoms with van der Waals surface area (Å²) >= 11 is 0. The average molecular weight is 530 g/mol. The van der Waals surface area contributed by atoms with Crippen molar-refractivity contribution >= 4 is 34.1 Å². The van der Waals surface area contributed by atoms with Gasteiger partial charge in [-0.05, 0) is 99.2 Å². The van der Waals surface area contributed by atoms with Gasteiger partial charge in [-0.1, -0.05) is 115 Å². The van der Waals surface area contributed by atoms with Crippen LogP contribution in [0.4, 0.5) is 0 Å². The molecule has 2 aliphatic rings. The lowest BCUT2D eigenvalue weighted by Gasteiger charge is -2.32. The molecule has 1 saturated heterocycles. The summed E-state index contributed by atoms with van der Waals surface area (Å²) in [6.07, 6.45) is 0. The van der Waals surface area contributed by atoms with E-state index in [-0.39, 0.29) is 0 Å². The summed E-state index contributed by atoms with van der Waals surface area (Å²) in [4.78, 5) is 0. The third-order valence-corrected chi connectivity index (χ3v) is 9.40. The number of benzene rings is 6. The van der Waals surface area contributed by atoms with Crippen LogP contribution in [0, 0.1) is 0 Å². The predicted molar refractivity (Wildman–Crippen MR) is 172 cm³/mol. The first kappa shape index (κ1) is 24.6. The van der Waals surface area contributed by atoms with Crippen LogP contribution in [-0.4, -0.2) is 18.3 Å². The quantitative estimate of drug-likeness (QED) is 0.212. The van der Waals surface area contributed by atoms with Gasteiger partial charge in [0.15, 0.2) is 0 Å². The van der Waals surface area contributed by atoms with Crippen LogP contribution in [0.3, 0.4) is 0 Å². The van der Waals surface area contributed by atoms with E-state index in [0.29, 0.717) is 0 Å². The van der Waals surface area contributed by atoms with Gasteiger partial charge in [-0.2, -0.15) is 0 Å². The van der Waals surface area contributed by atoms with Gasteiger partial charge >= 0.3 is 7.12 Å². The number of rotatable bonds is 3. The summed E-state index contributed by atoms with van der Waals surface area (Å²) in [5, 5.41) is 5.04. The van der Waals surface area contributed by atoms with Gasteiger partial charge in [0.1, 0.15) is 0 Å². The maximum absolute atomic E-state index is 6.56. The highest BCUT2D eigenvalue weighted by molar-refractivity contribution is 6.62. The second kappa shape index (κ2) is 8.66. The largest absolute Gasteiger partial charge is 0.494 e. The van der Waals surface area contributed by atoms with E-state index < -0.39 is 18.3 Å². The van der Waals surface area contributed by atoms with Crippen molar-refractivity contribution in [2.24, 2.45) is 0 Å². The fourth-order valence-electron chi connectivity index (χ4n) is 6.76. The molecule has 0 bridgehead atoms. The molecule has 6 aromatic rings. The molecule has 0 atom stereocenters. The van der Waals surface area contributed by atoms with Crippen LogP contribution >= 0.6 is 0 Å². The molecule has 0 spiro atoms. The molecular weight excluding hydrogens is 499 g/mol. The lowest BCUT2D eigenvalue weighted by atomic mass is 9.76. The van der Waals surface area contributed by atoms with Crippen LogP contribution in [-0.2, 0) is 9.31 Å². The van der Waals surface area contributed by atoms with Crippen molar-refractivity contribution in [3.05, 3.63) is 115 Å². The normalized spacial score (nSPS) is 16.4. The van der Waals surface area contributed by atoms with Crippen molar-refractivity contribution in [3.8, 4) is 44.5 Å². The van der Waals surface area contributed by atoms with E-state index in [4.69, 9.17) is 9.31 Å². The van der Waals surface area contributed by atoms with E-state index in [2.05, 4.69) is 143 Å². The van der Waals surface area contributed by atoms with Gasteiger partial charge in [-0.25, -0.2) is 0 Å². The van der Waals surface area contributed by atoms with Crippen LogP contribution in [0.5, 0.6) is 0 Å². The fourth-order valence-corrected chi connectivity index (χ4v) is 6.76. The Bertz CT molecular complexity index is 1980. The van der Waals surface area contributed by atoms with Crippen molar-refractivity contribution in [2.45, 2.75) is 38.9 Å². The third-order valence-electron chi connectivity index (χ3n) is 9.40. The van der Waals surface area contributed by atoms with E-state index in [1.54, 1.807) is 0 Å². The molecule has 0 radical (unpaired) electrons. The second-order valence-corrected chi connectivity index (χ2v) is 12.3. The first-order valence-electron chi connectivity index (χ1n) is 14.5. The minimum atomic E-state index is -0.428. The molecule has 2 nitrogen and oxygen atoms in total. The summed E-state index contributed by atoms with van der Waals surface area (Å²) in [7, 11) is -0.428. The van der Waals surface area contributed by atoms with Crippen molar-refractivity contribution in [2.75, 3.05) is 0 Å². The summed E-state index contributed by atoms with van der Waals surface area (Å²) in [6, 6.07) is 41.9. The van der Waals surface area contributed by atoms with E-state index in [0.717, 1.165) is 5.46 Å². The molecule has 0 N–H and O–H groups in total. The minimum absolute atomic E-state index is 0.404. The Kier molecular flexibility index (Phi) is 5.20. The number of fused-ring (bicyclic) bond motifs is 4. The molecule has 1 aliphatic carbocycles. The van der Waals surface area contributed by atoms with Gasteiger partial charge in [-0.3, -0.25) is 0 Å². The summed E-state index contributed by atoms with van der Waals surface area (Å²) in [5.74, 6) is 0. The summed E-state index contributed by atoms with van der Waals surface area (Å²) < 4.78 is 13.1. The lowest BCUT2D eigenvalue weighted by Crippen LogP contribution is -2.41. The zero-order valence-corrected chi connectivity index (χ0v) is 23.9. The maximum atomic E-state index is 6.56. The molecule has 0 unspecified atom stereocenters. The van der Waals surface area contributed by atoms with Crippen molar-refractivity contribution in [1.82, 2.24) is 0 Å². The van der Waals surface area contributed by atoms with Gasteiger partial charge in [0.25, 0.3) is 0 Å². The maximum Gasteiger partial charge on any atom is 0.494 e. The summed E-state index contributed by atoms with van der Waals surface area (Å²) in [6.45, 7) is 8.47. The zero-order valence-electron chi connectivity index (χ0n) is 23.9. The minimum Gasteiger partial charge on any atom is -0.399 e. The smallest absolute Gasteiger partial charge is 0.399 e. The van der Waals surface area contributed by atoms with E-state index in [1.165, 1.54) is 66.1 Å². The van der Waals surface area contributed by atoms with Crippen LogP contribution in [0.1, 0.15) is 27.7 Å². The molecule has 1 fully saturated rings. The lowest BCUT2D eigenvalue weighted by molar-refractivity contribution is 0.00578. The third kappa shape index (κ3) is 3.53. The van der Waals surface area contributed by atoms with Crippen molar-refractivity contribution in [1.29, 1.82) is 0 Å². The molecule has 6 aromatic carbocycles. The van der Waals surface area contributed by atoms with Crippen LogP contribution in [0.2, 0.25) is 0 Å². The monoisotopic (exact) mass is 530 g/mol. The molecule has 1 aliphatic heterocycles. The first-order chi connectivity index (χ1) is 19.8. The van der Waals surface area contributed by atoms with Gasteiger partial charge in [-0.15, -0.1) is 0 Å². The van der Waals surface area contributed by atoms with Gasteiger partial charge in [0.05, 0.1) is 11.2 Å². The standard InChI is InChI=1S/C38H31BO2/c1-37(2)38(3,4)41-39(40-37)27-22-26-18-13-21-30-32(26)31(23-27)36-34(25-16-9-6-10-17-25)29-20-12-11-19-28(29)33(35(30)36)24-14-7-5-8-15-24/h5-23H,1-4H3. The average Bonchev–Trinajstić information content (AvgIpc) is 3.42. The Labute approximate surface area is 241 Å². The fraction of sp³-hybridized carbons (Fsp3) is 0.158. The molecule has 198 valence electrons. The van der Waals surface area contributed by atoms with E-state index in [1.807, 2.05) is 0 Å². The molecule has 41 heavy (non-hydrogen) atoms. The Morgan fingerprint density at radius 3 is 1.56 bits per heavy atom. The molecule has 8 rings (SSSR count). The number of hydrogen-bond donors (Lipinski definition) is 0. The highest BCUT2D eigenvalue weighted by Crippen LogP contribution is 2.57. The first-order valence-corrected chi connectivity index (χ1v) is 14.5. The van der Waals surface area contributed by atoms with Crippen molar-refractivity contribution in [3.63, 3.8) is 0 Å². The van der Waals surface area contributed by atoms with E-state index in [9.17, 15) is 0 Å². The van der Waals surface area contributed by atoms with Crippen LogP contribution in [0.25, 0.3) is 66.1 Å². The molecule has 0 aromatic heterocycles. The Balaban J connectivity index is 1.52. The molecule has 0 amide bonds. The molecule has 1 heterocycles.